The summed E-state index contributed by atoms with van der Waals surface area (Å²) in [6.45, 7) is 10.7. The van der Waals surface area contributed by atoms with Crippen molar-refractivity contribution in [1.29, 1.82) is 0 Å². The summed E-state index contributed by atoms with van der Waals surface area (Å²) < 4.78 is 0. The largest absolute Gasteiger partial charge is 0.393 e. The molecule has 4 aliphatic carbocycles. The highest BCUT2D eigenvalue weighted by Crippen LogP contribution is 2.68. The molecule has 4 saturated carbocycles. The van der Waals surface area contributed by atoms with E-state index in [1.807, 2.05) is 0 Å². The van der Waals surface area contributed by atoms with Crippen LogP contribution in [0.5, 0.6) is 0 Å². The van der Waals surface area contributed by atoms with Crippen molar-refractivity contribution in [3.8, 4) is 0 Å². The topological polar surface area (TPSA) is 52.5 Å². The van der Waals surface area contributed by atoms with Crippen LogP contribution in [-0.4, -0.2) is 34.5 Å². The minimum atomic E-state index is -0.591. The van der Waals surface area contributed by atoms with Gasteiger partial charge >= 0.3 is 0 Å². The van der Waals surface area contributed by atoms with Crippen LogP contribution in [0.1, 0.15) is 98.3 Å². The Bertz CT molecular complexity index is 641. The van der Waals surface area contributed by atoms with Crippen LogP contribution >= 0.6 is 0 Å². The Labute approximate surface area is 184 Å². The third-order valence-corrected chi connectivity index (χ3v) is 11.7. The maximum Gasteiger partial charge on any atom is 0.0805 e. The average Bonchev–Trinajstić information content (AvgIpc) is 3.07. The Hall–Kier alpha value is -0.120. The number of aliphatic hydroxyl groups is 2. The lowest BCUT2D eigenvalue weighted by molar-refractivity contribution is -0.150. The molecule has 0 radical (unpaired) electrons. The maximum absolute atomic E-state index is 11.9. The second kappa shape index (κ2) is 7.45. The minimum Gasteiger partial charge on any atom is -0.393 e. The highest BCUT2D eigenvalue weighted by molar-refractivity contribution is 5.13. The summed E-state index contributed by atoms with van der Waals surface area (Å²) in [7, 11) is 0. The van der Waals surface area contributed by atoms with Gasteiger partial charge in [0.1, 0.15) is 0 Å². The van der Waals surface area contributed by atoms with Crippen LogP contribution in [-0.2, 0) is 0 Å². The predicted molar refractivity (Wildman–Crippen MR) is 122 cm³/mol. The van der Waals surface area contributed by atoms with Gasteiger partial charge in [0, 0.05) is 6.04 Å². The summed E-state index contributed by atoms with van der Waals surface area (Å²) in [6.07, 6.45) is 13.5. The summed E-state index contributed by atoms with van der Waals surface area (Å²) in [5.74, 6) is 4.39. The van der Waals surface area contributed by atoms with Crippen molar-refractivity contribution in [3.63, 3.8) is 0 Å². The molecule has 3 nitrogen and oxygen atoms in total. The molecule has 5 aliphatic rings. The molecule has 3 unspecified atom stereocenters. The van der Waals surface area contributed by atoms with Crippen LogP contribution < -0.4 is 5.32 Å². The van der Waals surface area contributed by atoms with Gasteiger partial charge < -0.3 is 15.5 Å². The van der Waals surface area contributed by atoms with E-state index in [4.69, 9.17) is 0 Å². The molecule has 1 aliphatic heterocycles. The van der Waals surface area contributed by atoms with E-state index in [1.54, 1.807) is 0 Å². The number of nitrogens with one attached hydrogen (secondary N) is 1. The van der Waals surface area contributed by atoms with E-state index in [1.165, 1.54) is 51.4 Å². The van der Waals surface area contributed by atoms with Crippen molar-refractivity contribution in [2.24, 2.45) is 46.3 Å². The third kappa shape index (κ3) is 3.16. The fraction of sp³-hybridized carbons (Fsp3) is 1.00. The second-order valence-corrected chi connectivity index (χ2v) is 13.1. The fourth-order valence-electron chi connectivity index (χ4n) is 9.94. The van der Waals surface area contributed by atoms with Gasteiger partial charge in [-0.05, 0) is 130 Å². The zero-order valence-electron chi connectivity index (χ0n) is 20.0. The van der Waals surface area contributed by atoms with Crippen molar-refractivity contribution in [2.75, 3.05) is 6.54 Å². The van der Waals surface area contributed by atoms with Crippen LogP contribution in [0, 0.1) is 46.3 Å². The Balaban J connectivity index is 1.36. The number of aliphatic hydroxyl groups excluding tert-OH is 1. The summed E-state index contributed by atoms with van der Waals surface area (Å²) in [5, 5.41) is 25.9. The summed E-state index contributed by atoms with van der Waals surface area (Å²) in [6, 6.07) is 0.264. The second-order valence-electron chi connectivity index (χ2n) is 13.1. The standard InChI is InChI=1S/C27H47NO2/c1-17-5-10-24(28-16-17)27(4,30)23-9-8-21-20-7-6-18-15-19(29)11-13-25(18,2)22(20)12-14-26(21,23)3/h17-24,28-30H,5-16H2,1-4H3/t17?,18?,19-,20-,21-,22-,23-,24?,25-,26-,27-/m0/s1. The molecule has 0 amide bonds. The first-order valence-electron chi connectivity index (χ1n) is 13.3. The molecular formula is C27H47NO2. The van der Waals surface area contributed by atoms with E-state index < -0.39 is 5.60 Å². The van der Waals surface area contributed by atoms with Crippen LogP contribution in [0.2, 0.25) is 0 Å². The Morgan fingerprint density at radius 3 is 2.33 bits per heavy atom. The highest BCUT2D eigenvalue weighted by atomic mass is 16.3. The third-order valence-electron chi connectivity index (χ3n) is 11.7. The van der Waals surface area contributed by atoms with E-state index in [-0.39, 0.29) is 12.1 Å². The Kier molecular flexibility index (Phi) is 5.39. The first kappa shape index (κ1) is 21.7. The van der Waals surface area contributed by atoms with Crippen molar-refractivity contribution in [3.05, 3.63) is 0 Å². The quantitative estimate of drug-likeness (QED) is 0.583. The molecule has 1 heterocycles. The lowest BCUT2D eigenvalue weighted by Crippen LogP contribution is -2.60. The van der Waals surface area contributed by atoms with E-state index in [0.29, 0.717) is 16.7 Å². The average molecular weight is 418 g/mol. The van der Waals surface area contributed by atoms with Crippen LogP contribution in [0.15, 0.2) is 0 Å². The molecule has 3 heteroatoms. The molecule has 0 aromatic carbocycles. The number of fused-ring (bicyclic) bond motifs is 5. The molecule has 0 aromatic heterocycles. The van der Waals surface area contributed by atoms with Crippen molar-refractivity contribution in [2.45, 2.75) is 116 Å². The highest BCUT2D eigenvalue weighted by Gasteiger charge is 2.63. The van der Waals surface area contributed by atoms with Crippen LogP contribution in [0.25, 0.3) is 0 Å². The van der Waals surface area contributed by atoms with Crippen LogP contribution in [0.4, 0.5) is 0 Å². The predicted octanol–water partition coefficient (Wildman–Crippen LogP) is 5.15. The van der Waals surface area contributed by atoms with Gasteiger partial charge in [-0.25, -0.2) is 0 Å². The molecule has 0 spiro atoms. The molecule has 0 bridgehead atoms. The normalized spacial score (nSPS) is 55.8. The lowest BCUT2D eigenvalue weighted by Gasteiger charge is -2.61. The van der Waals surface area contributed by atoms with E-state index in [2.05, 4.69) is 33.0 Å². The van der Waals surface area contributed by atoms with Gasteiger partial charge in [0.25, 0.3) is 0 Å². The molecule has 11 atom stereocenters. The number of hydrogen-bond acceptors (Lipinski definition) is 3. The summed E-state index contributed by atoms with van der Waals surface area (Å²) >= 11 is 0. The van der Waals surface area contributed by atoms with Gasteiger partial charge in [0.2, 0.25) is 0 Å². The fourth-order valence-corrected chi connectivity index (χ4v) is 9.94. The molecular weight excluding hydrogens is 370 g/mol. The summed E-state index contributed by atoms with van der Waals surface area (Å²) in [4.78, 5) is 0. The number of hydrogen-bond donors (Lipinski definition) is 3. The van der Waals surface area contributed by atoms with Gasteiger partial charge in [-0.15, -0.1) is 0 Å². The van der Waals surface area contributed by atoms with Crippen LogP contribution in [0.3, 0.4) is 0 Å². The summed E-state index contributed by atoms with van der Waals surface area (Å²) in [5.41, 5.74) is 0.157. The van der Waals surface area contributed by atoms with Gasteiger partial charge in [0.15, 0.2) is 0 Å². The van der Waals surface area contributed by atoms with Crippen molar-refractivity contribution < 1.29 is 10.2 Å². The maximum atomic E-state index is 11.9. The smallest absolute Gasteiger partial charge is 0.0805 e. The molecule has 0 aromatic rings. The zero-order chi connectivity index (χ0) is 21.3. The molecule has 1 saturated heterocycles. The molecule has 3 N–H and O–H groups in total. The van der Waals surface area contributed by atoms with Gasteiger partial charge in [0.05, 0.1) is 11.7 Å². The van der Waals surface area contributed by atoms with Gasteiger partial charge in [-0.3, -0.25) is 0 Å². The van der Waals surface area contributed by atoms with Gasteiger partial charge in [-0.2, -0.15) is 0 Å². The van der Waals surface area contributed by atoms with Crippen molar-refractivity contribution in [1.82, 2.24) is 5.32 Å². The Morgan fingerprint density at radius 1 is 0.867 bits per heavy atom. The SMILES string of the molecule is CC1CCC([C@@](C)(O)[C@H]2CC[C@H]3[C@@H]4CCC5C[C@@H](O)CC[C@]5(C)[C@H]4CC[C@@]32C)NC1. The van der Waals surface area contributed by atoms with Crippen molar-refractivity contribution >= 4 is 0 Å². The molecule has 5 rings (SSSR count). The zero-order valence-corrected chi connectivity index (χ0v) is 20.0. The lowest BCUT2D eigenvalue weighted by atomic mass is 9.44. The van der Waals surface area contributed by atoms with Gasteiger partial charge in [-0.1, -0.05) is 20.8 Å². The number of rotatable bonds is 2. The monoisotopic (exact) mass is 417 g/mol. The number of piperidine rings is 1. The first-order chi connectivity index (χ1) is 14.2. The van der Waals surface area contributed by atoms with E-state index >= 15 is 0 Å². The minimum absolute atomic E-state index is 0.0508. The van der Waals surface area contributed by atoms with E-state index in [0.717, 1.165) is 55.4 Å². The first-order valence-corrected chi connectivity index (χ1v) is 13.3. The molecule has 172 valence electrons. The molecule has 5 fully saturated rings. The van der Waals surface area contributed by atoms with E-state index in [9.17, 15) is 10.2 Å². The molecule has 30 heavy (non-hydrogen) atoms. The Morgan fingerprint density at radius 2 is 1.60 bits per heavy atom.